The van der Waals surface area contributed by atoms with Gasteiger partial charge in [0.2, 0.25) is 5.88 Å². The van der Waals surface area contributed by atoms with Crippen molar-refractivity contribution in [3.63, 3.8) is 0 Å². The van der Waals surface area contributed by atoms with E-state index >= 15 is 0 Å². The molecular weight excluding hydrogens is 654 g/mol. The van der Waals surface area contributed by atoms with Crippen molar-refractivity contribution in [2.24, 2.45) is 0 Å². The standard InChI is InChI=1S/C35H46FN3O7SSi/c1-23-18-32(34(42-6)26(4)37-23)44-20-28-14-15-30(29(19-28)21-43-17-16-36)31-12-10-11-13-33(31)47(40,41)39(22-45-27(5)48(7,8)9)35-24(2)25(3)38-46-35/h10-15,18-19,27H,16-17,20-22H2,1-9H3. The van der Waals surface area contributed by atoms with Gasteiger partial charge in [-0.25, -0.2) is 17.1 Å². The molecule has 0 bridgehead atoms. The van der Waals surface area contributed by atoms with E-state index in [1.165, 1.54) is 0 Å². The zero-order chi connectivity index (χ0) is 35.2. The number of aryl methyl sites for hydroxylation is 3. The van der Waals surface area contributed by atoms with Gasteiger partial charge in [-0.1, -0.05) is 55.1 Å². The van der Waals surface area contributed by atoms with Gasteiger partial charge in [-0.15, -0.1) is 0 Å². The summed E-state index contributed by atoms with van der Waals surface area (Å²) in [6, 6.07) is 14.1. The number of methoxy groups -OCH3 is 1. The molecule has 0 amide bonds. The number of pyridine rings is 1. The third kappa shape index (κ3) is 8.43. The van der Waals surface area contributed by atoms with Crippen LogP contribution in [-0.2, 0) is 32.7 Å². The molecule has 0 N–H and O–H groups in total. The summed E-state index contributed by atoms with van der Waals surface area (Å²) in [5.41, 5.74) is 5.09. The first-order chi connectivity index (χ1) is 22.7. The Morgan fingerprint density at radius 2 is 1.71 bits per heavy atom. The molecular formula is C35H46FN3O7SSi. The third-order valence-corrected chi connectivity index (χ3v) is 12.6. The maximum Gasteiger partial charge on any atom is 0.269 e. The molecule has 0 saturated carbocycles. The molecule has 2 aromatic carbocycles. The van der Waals surface area contributed by atoms with E-state index in [-0.39, 0.29) is 43.1 Å². The molecule has 2 aromatic heterocycles. The number of alkyl halides is 1. The van der Waals surface area contributed by atoms with Crippen molar-refractivity contribution in [2.75, 3.05) is 31.4 Å². The number of halogens is 1. The number of benzene rings is 2. The lowest BCUT2D eigenvalue weighted by molar-refractivity contribution is 0.107. The Kier molecular flexibility index (Phi) is 12.1. The Morgan fingerprint density at radius 3 is 2.35 bits per heavy atom. The van der Waals surface area contributed by atoms with Crippen LogP contribution < -0.4 is 13.8 Å². The lowest BCUT2D eigenvalue weighted by Gasteiger charge is -2.29. The quantitative estimate of drug-likeness (QED) is 0.0667. The molecule has 0 radical (unpaired) electrons. The number of rotatable bonds is 16. The van der Waals surface area contributed by atoms with Crippen molar-refractivity contribution >= 4 is 24.0 Å². The second kappa shape index (κ2) is 15.6. The number of anilines is 1. The minimum Gasteiger partial charge on any atom is -0.491 e. The van der Waals surface area contributed by atoms with Crippen LogP contribution in [-0.4, -0.2) is 59.5 Å². The van der Waals surface area contributed by atoms with Crippen molar-refractivity contribution in [1.82, 2.24) is 10.1 Å². The fraction of sp³-hybridized carbons (Fsp3) is 0.429. The summed E-state index contributed by atoms with van der Waals surface area (Å²) in [5.74, 6) is 1.20. The first-order valence-electron chi connectivity index (χ1n) is 15.8. The van der Waals surface area contributed by atoms with E-state index in [0.717, 1.165) is 15.6 Å². The smallest absolute Gasteiger partial charge is 0.269 e. The largest absolute Gasteiger partial charge is 0.491 e. The maximum atomic E-state index is 14.6. The van der Waals surface area contributed by atoms with Crippen LogP contribution in [0.3, 0.4) is 0 Å². The predicted molar refractivity (Wildman–Crippen MR) is 187 cm³/mol. The molecule has 260 valence electrons. The maximum absolute atomic E-state index is 14.6. The number of ether oxygens (including phenoxy) is 4. The van der Waals surface area contributed by atoms with E-state index in [9.17, 15) is 12.8 Å². The van der Waals surface area contributed by atoms with Crippen LogP contribution in [0.1, 0.15) is 40.7 Å². The van der Waals surface area contributed by atoms with E-state index < -0.39 is 24.8 Å². The number of hydrogen-bond donors (Lipinski definition) is 0. The molecule has 48 heavy (non-hydrogen) atoms. The first-order valence-corrected chi connectivity index (χ1v) is 20.8. The summed E-state index contributed by atoms with van der Waals surface area (Å²) < 4.78 is 72.5. The predicted octanol–water partition coefficient (Wildman–Crippen LogP) is 7.48. The van der Waals surface area contributed by atoms with E-state index in [4.69, 9.17) is 23.5 Å². The number of sulfonamides is 1. The first kappa shape index (κ1) is 37.0. The summed E-state index contributed by atoms with van der Waals surface area (Å²) >= 11 is 0. The van der Waals surface area contributed by atoms with Gasteiger partial charge in [-0.2, -0.15) is 0 Å². The fourth-order valence-corrected chi connectivity index (χ4v) is 7.10. The molecule has 0 fully saturated rings. The van der Waals surface area contributed by atoms with Crippen LogP contribution in [0.2, 0.25) is 19.6 Å². The topological polar surface area (TPSA) is 113 Å². The van der Waals surface area contributed by atoms with E-state index in [0.29, 0.717) is 45.1 Å². The number of nitrogens with zero attached hydrogens (tertiary/aromatic N) is 3. The van der Waals surface area contributed by atoms with E-state index in [1.807, 2.05) is 45.0 Å². The zero-order valence-electron chi connectivity index (χ0n) is 29.2. The lowest BCUT2D eigenvalue weighted by atomic mass is 9.98. The summed E-state index contributed by atoms with van der Waals surface area (Å²) in [6.45, 7) is 14.9. The van der Waals surface area contributed by atoms with E-state index in [2.05, 4.69) is 29.8 Å². The molecule has 1 unspecified atom stereocenters. The molecule has 0 spiro atoms. The molecule has 0 aliphatic rings. The summed E-state index contributed by atoms with van der Waals surface area (Å²) in [7, 11) is -4.44. The highest BCUT2D eigenvalue weighted by atomic mass is 32.2. The summed E-state index contributed by atoms with van der Waals surface area (Å²) in [5, 5.41) is 4.03. The highest BCUT2D eigenvalue weighted by Gasteiger charge is 2.34. The molecule has 0 aliphatic heterocycles. The van der Waals surface area contributed by atoms with Gasteiger partial charge in [0.1, 0.15) is 20.0 Å². The number of aromatic nitrogens is 2. The molecule has 0 saturated heterocycles. The normalized spacial score (nSPS) is 12.6. The highest BCUT2D eigenvalue weighted by molar-refractivity contribution is 7.93. The number of hydrogen-bond acceptors (Lipinski definition) is 9. The van der Waals surface area contributed by atoms with Crippen LogP contribution in [0.15, 0.2) is 57.9 Å². The van der Waals surface area contributed by atoms with Crippen molar-refractivity contribution in [3.05, 3.63) is 82.3 Å². The van der Waals surface area contributed by atoms with Crippen molar-refractivity contribution in [1.29, 1.82) is 0 Å². The van der Waals surface area contributed by atoms with Crippen molar-refractivity contribution in [3.8, 4) is 22.6 Å². The SMILES string of the molecule is COc1c(OCc2ccc(-c3ccccc3S(=O)(=O)N(COC(C)[Si](C)(C)C)c3onc(C)c3C)c(COCCF)c2)cc(C)nc1C. The minimum atomic E-state index is -4.25. The Bertz CT molecular complexity index is 1830. The Labute approximate surface area is 284 Å². The average Bonchev–Trinajstić information content (AvgIpc) is 3.36. The monoisotopic (exact) mass is 699 g/mol. The van der Waals surface area contributed by atoms with Crippen LogP contribution in [0, 0.1) is 27.7 Å². The minimum absolute atomic E-state index is 0.0472. The van der Waals surface area contributed by atoms with Crippen LogP contribution in [0.5, 0.6) is 11.5 Å². The van der Waals surface area contributed by atoms with E-state index in [1.54, 1.807) is 45.2 Å². The summed E-state index contributed by atoms with van der Waals surface area (Å²) in [6.07, 6.45) is 0. The molecule has 13 heteroatoms. The van der Waals surface area contributed by atoms with Gasteiger partial charge in [-0.05, 0) is 63.4 Å². The van der Waals surface area contributed by atoms with Gasteiger partial charge in [0, 0.05) is 28.6 Å². The van der Waals surface area contributed by atoms with Gasteiger partial charge in [0.15, 0.2) is 11.5 Å². The lowest BCUT2D eigenvalue weighted by Crippen LogP contribution is -2.42. The van der Waals surface area contributed by atoms with Crippen LogP contribution in [0.25, 0.3) is 11.1 Å². The van der Waals surface area contributed by atoms with Gasteiger partial charge >= 0.3 is 0 Å². The van der Waals surface area contributed by atoms with Gasteiger partial charge < -0.3 is 23.5 Å². The second-order valence-corrected chi connectivity index (χ2v) is 20.1. The molecule has 1 atom stereocenters. The Morgan fingerprint density at radius 1 is 0.979 bits per heavy atom. The molecule has 0 aliphatic carbocycles. The zero-order valence-corrected chi connectivity index (χ0v) is 31.0. The van der Waals surface area contributed by atoms with Gasteiger partial charge in [-0.3, -0.25) is 4.98 Å². The van der Waals surface area contributed by atoms with Gasteiger partial charge in [0.05, 0.1) is 44.7 Å². The summed E-state index contributed by atoms with van der Waals surface area (Å²) in [4.78, 5) is 4.48. The van der Waals surface area contributed by atoms with Gasteiger partial charge in [0.25, 0.3) is 10.0 Å². The van der Waals surface area contributed by atoms with Crippen molar-refractivity contribution in [2.45, 2.75) is 78.1 Å². The third-order valence-electron chi connectivity index (χ3n) is 8.25. The second-order valence-electron chi connectivity index (χ2n) is 12.8. The van der Waals surface area contributed by atoms with Crippen LogP contribution in [0.4, 0.5) is 10.3 Å². The Hall–Kier alpha value is -3.78. The average molecular weight is 700 g/mol. The fourth-order valence-electron chi connectivity index (χ4n) is 4.99. The molecule has 10 nitrogen and oxygen atoms in total. The molecule has 4 aromatic rings. The molecule has 4 rings (SSSR count). The van der Waals surface area contributed by atoms with Crippen molar-refractivity contribution < 1.29 is 36.3 Å². The Balaban J connectivity index is 1.77. The molecule has 2 heterocycles. The van der Waals surface area contributed by atoms with Crippen LogP contribution >= 0.6 is 0 Å². The highest BCUT2D eigenvalue weighted by Crippen LogP contribution is 2.37.